The van der Waals surface area contributed by atoms with E-state index < -0.39 is 17.6 Å². The Morgan fingerprint density at radius 2 is 2.00 bits per heavy atom. The zero-order chi connectivity index (χ0) is 14.0. The Kier molecular flexibility index (Phi) is 4.10. The molecule has 0 bridgehead atoms. The van der Waals surface area contributed by atoms with Crippen molar-refractivity contribution in [2.75, 3.05) is 0 Å². The molecule has 1 aliphatic rings. The van der Waals surface area contributed by atoms with Crippen LogP contribution in [0.2, 0.25) is 0 Å². The molecule has 1 fully saturated rings. The van der Waals surface area contributed by atoms with Crippen LogP contribution in [0.1, 0.15) is 42.9 Å². The normalized spacial score (nSPS) is 18.2. The lowest BCUT2D eigenvalue weighted by atomic mass is 9.79. The minimum Gasteiger partial charge on any atom is -0.271 e. The second-order valence-corrected chi connectivity index (χ2v) is 4.99. The number of halogens is 4. The molecule has 19 heavy (non-hydrogen) atoms. The van der Waals surface area contributed by atoms with Gasteiger partial charge in [-0.25, -0.2) is 4.39 Å². The van der Waals surface area contributed by atoms with Crippen LogP contribution in [0.5, 0.6) is 0 Å². The topological polar surface area (TPSA) is 38.0 Å². The first-order chi connectivity index (χ1) is 8.91. The molecular weight excluding hydrogens is 260 g/mol. The fourth-order valence-electron chi connectivity index (χ4n) is 2.34. The highest BCUT2D eigenvalue weighted by Gasteiger charge is 2.34. The molecule has 0 aromatic heterocycles. The lowest BCUT2D eigenvalue weighted by Crippen LogP contribution is -2.31. The quantitative estimate of drug-likeness (QED) is 0.501. The molecule has 0 heterocycles. The van der Waals surface area contributed by atoms with Gasteiger partial charge >= 0.3 is 6.18 Å². The number of benzene rings is 1. The zero-order valence-corrected chi connectivity index (χ0v) is 10.3. The van der Waals surface area contributed by atoms with Crippen LogP contribution in [0.15, 0.2) is 18.2 Å². The molecule has 1 atom stereocenters. The standard InChI is InChI=1S/C13H16F4N2/c14-11-7-9(4-5-10(11)13(15,16)17)12(19-18)6-8-2-1-3-8/h4-5,7-8,12,19H,1-3,6,18H2. The van der Waals surface area contributed by atoms with Gasteiger partial charge in [-0.2, -0.15) is 13.2 Å². The van der Waals surface area contributed by atoms with Crippen molar-refractivity contribution in [1.82, 2.24) is 5.43 Å². The lowest BCUT2D eigenvalue weighted by molar-refractivity contribution is -0.140. The molecular formula is C13H16F4N2. The molecule has 3 N–H and O–H groups in total. The van der Waals surface area contributed by atoms with E-state index in [0.717, 1.165) is 31.4 Å². The van der Waals surface area contributed by atoms with Crippen molar-refractivity contribution in [1.29, 1.82) is 0 Å². The van der Waals surface area contributed by atoms with Crippen molar-refractivity contribution in [3.63, 3.8) is 0 Å². The van der Waals surface area contributed by atoms with Gasteiger partial charge in [-0.05, 0) is 30.0 Å². The fourth-order valence-corrected chi connectivity index (χ4v) is 2.34. The van der Waals surface area contributed by atoms with Gasteiger partial charge in [-0.1, -0.05) is 25.3 Å². The van der Waals surface area contributed by atoms with Crippen LogP contribution in [0.4, 0.5) is 17.6 Å². The van der Waals surface area contributed by atoms with E-state index in [1.807, 2.05) is 0 Å². The highest BCUT2D eigenvalue weighted by atomic mass is 19.4. The maximum absolute atomic E-state index is 13.5. The van der Waals surface area contributed by atoms with E-state index in [1.165, 1.54) is 12.5 Å². The van der Waals surface area contributed by atoms with Crippen molar-refractivity contribution < 1.29 is 17.6 Å². The summed E-state index contributed by atoms with van der Waals surface area (Å²) in [5, 5.41) is 0. The molecule has 1 aromatic rings. The monoisotopic (exact) mass is 276 g/mol. The van der Waals surface area contributed by atoms with Crippen LogP contribution in [0.25, 0.3) is 0 Å². The third-order valence-corrected chi connectivity index (χ3v) is 3.70. The van der Waals surface area contributed by atoms with Gasteiger partial charge in [0.05, 0.1) is 5.56 Å². The van der Waals surface area contributed by atoms with Crippen LogP contribution in [0, 0.1) is 11.7 Å². The number of hydrogen-bond acceptors (Lipinski definition) is 2. The Bertz CT molecular complexity index is 441. The average Bonchev–Trinajstić information content (AvgIpc) is 2.26. The predicted octanol–water partition coefficient (Wildman–Crippen LogP) is 3.54. The Hall–Kier alpha value is -1.14. The first-order valence-electron chi connectivity index (χ1n) is 6.24. The molecule has 1 aromatic carbocycles. The van der Waals surface area contributed by atoms with E-state index >= 15 is 0 Å². The molecule has 1 unspecified atom stereocenters. The Morgan fingerprint density at radius 1 is 1.32 bits per heavy atom. The van der Waals surface area contributed by atoms with Crippen LogP contribution in [-0.2, 0) is 6.18 Å². The summed E-state index contributed by atoms with van der Waals surface area (Å²) in [5.74, 6) is 4.68. The molecule has 0 amide bonds. The van der Waals surface area contributed by atoms with Gasteiger partial charge in [0.1, 0.15) is 5.82 Å². The van der Waals surface area contributed by atoms with E-state index in [1.54, 1.807) is 0 Å². The summed E-state index contributed by atoms with van der Waals surface area (Å²) in [6.07, 6.45) is -0.574. The second-order valence-electron chi connectivity index (χ2n) is 4.99. The first-order valence-corrected chi connectivity index (χ1v) is 6.24. The molecule has 0 spiro atoms. The van der Waals surface area contributed by atoms with Crippen molar-refractivity contribution in [2.24, 2.45) is 11.8 Å². The molecule has 0 radical (unpaired) electrons. The molecule has 2 nitrogen and oxygen atoms in total. The largest absolute Gasteiger partial charge is 0.419 e. The summed E-state index contributed by atoms with van der Waals surface area (Å²) in [4.78, 5) is 0. The van der Waals surface area contributed by atoms with Gasteiger partial charge in [0.15, 0.2) is 0 Å². The van der Waals surface area contributed by atoms with Crippen molar-refractivity contribution in [3.05, 3.63) is 35.1 Å². The van der Waals surface area contributed by atoms with Crippen molar-refractivity contribution >= 4 is 0 Å². The first kappa shape index (κ1) is 14.3. The Balaban J connectivity index is 2.17. The van der Waals surface area contributed by atoms with E-state index in [4.69, 9.17) is 5.84 Å². The summed E-state index contributed by atoms with van der Waals surface area (Å²) in [6, 6.07) is 2.68. The van der Waals surface area contributed by atoms with Gasteiger partial charge in [-0.3, -0.25) is 11.3 Å². The second kappa shape index (κ2) is 5.46. The van der Waals surface area contributed by atoms with Gasteiger partial charge in [0, 0.05) is 6.04 Å². The number of rotatable bonds is 4. The number of nitrogens with two attached hydrogens (primary N) is 1. The molecule has 106 valence electrons. The lowest BCUT2D eigenvalue weighted by Gasteiger charge is -2.29. The maximum atomic E-state index is 13.5. The molecule has 1 aliphatic carbocycles. The number of nitrogens with one attached hydrogen (secondary N) is 1. The third-order valence-electron chi connectivity index (χ3n) is 3.70. The summed E-state index contributed by atoms with van der Waals surface area (Å²) in [7, 11) is 0. The smallest absolute Gasteiger partial charge is 0.271 e. The van der Waals surface area contributed by atoms with Gasteiger partial charge in [0.25, 0.3) is 0 Å². The molecule has 0 saturated heterocycles. The maximum Gasteiger partial charge on any atom is 0.419 e. The fraction of sp³-hybridized carbons (Fsp3) is 0.538. The average molecular weight is 276 g/mol. The van der Waals surface area contributed by atoms with Crippen LogP contribution in [-0.4, -0.2) is 0 Å². The van der Waals surface area contributed by atoms with E-state index in [-0.39, 0.29) is 6.04 Å². The molecule has 2 rings (SSSR count). The van der Waals surface area contributed by atoms with Gasteiger partial charge in [0.2, 0.25) is 0 Å². The highest BCUT2D eigenvalue weighted by Crippen LogP contribution is 2.36. The summed E-state index contributed by atoms with van der Waals surface area (Å²) in [6.45, 7) is 0. The Morgan fingerprint density at radius 3 is 2.42 bits per heavy atom. The predicted molar refractivity (Wildman–Crippen MR) is 63.4 cm³/mol. The van der Waals surface area contributed by atoms with Crippen LogP contribution < -0.4 is 11.3 Å². The Labute approximate surface area is 109 Å². The summed E-state index contributed by atoms with van der Waals surface area (Å²) in [5.41, 5.74) is 1.77. The molecule has 0 aliphatic heterocycles. The number of alkyl halides is 3. The minimum atomic E-state index is -4.66. The minimum absolute atomic E-state index is 0.304. The van der Waals surface area contributed by atoms with Gasteiger partial charge < -0.3 is 0 Å². The van der Waals surface area contributed by atoms with Gasteiger partial charge in [-0.15, -0.1) is 0 Å². The summed E-state index contributed by atoms with van der Waals surface area (Å²) >= 11 is 0. The van der Waals surface area contributed by atoms with E-state index in [9.17, 15) is 17.6 Å². The van der Waals surface area contributed by atoms with E-state index in [0.29, 0.717) is 11.5 Å². The van der Waals surface area contributed by atoms with Crippen molar-refractivity contribution in [2.45, 2.75) is 37.9 Å². The summed E-state index contributed by atoms with van der Waals surface area (Å²) < 4.78 is 50.9. The van der Waals surface area contributed by atoms with Crippen LogP contribution >= 0.6 is 0 Å². The number of hydrazine groups is 1. The highest BCUT2D eigenvalue weighted by molar-refractivity contribution is 5.28. The van der Waals surface area contributed by atoms with Crippen molar-refractivity contribution in [3.8, 4) is 0 Å². The molecule has 6 heteroatoms. The van der Waals surface area contributed by atoms with E-state index in [2.05, 4.69) is 5.43 Å². The zero-order valence-electron chi connectivity index (χ0n) is 10.3. The third kappa shape index (κ3) is 3.25. The number of hydrogen-bond donors (Lipinski definition) is 2. The van der Waals surface area contributed by atoms with Crippen LogP contribution in [0.3, 0.4) is 0 Å². The molecule has 1 saturated carbocycles. The SMILES string of the molecule is NNC(CC1CCC1)c1ccc(C(F)(F)F)c(F)c1.